The Kier molecular flexibility index (Phi) is 5.54. The molecule has 1 aliphatic rings. The van der Waals surface area contributed by atoms with Gasteiger partial charge >= 0.3 is 0 Å². The van der Waals surface area contributed by atoms with E-state index in [1.165, 1.54) is 32.1 Å². The van der Waals surface area contributed by atoms with Gasteiger partial charge in [-0.25, -0.2) is 0 Å². The summed E-state index contributed by atoms with van der Waals surface area (Å²) in [4.78, 5) is 2.41. The van der Waals surface area contributed by atoms with Crippen molar-refractivity contribution in [2.24, 2.45) is 5.73 Å². The van der Waals surface area contributed by atoms with Crippen molar-refractivity contribution in [3.63, 3.8) is 0 Å². The van der Waals surface area contributed by atoms with Gasteiger partial charge in [0.25, 0.3) is 0 Å². The summed E-state index contributed by atoms with van der Waals surface area (Å²) >= 11 is 0. The van der Waals surface area contributed by atoms with Crippen LogP contribution < -0.4 is 5.73 Å². The third-order valence-electron chi connectivity index (χ3n) is 3.78. The van der Waals surface area contributed by atoms with Crippen LogP contribution in [0.3, 0.4) is 0 Å². The number of nitrogens with zero attached hydrogens (tertiary/aromatic N) is 1. The number of halogens is 1. The summed E-state index contributed by atoms with van der Waals surface area (Å²) in [5, 5.41) is 0. The monoisotopic (exact) mass is 216 g/mol. The molecule has 0 atom stereocenters. The summed E-state index contributed by atoms with van der Waals surface area (Å²) < 4.78 is 12.2. The van der Waals surface area contributed by atoms with E-state index in [2.05, 4.69) is 11.8 Å². The fourth-order valence-corrected chi connectivity index (χ4v) is 2.84. The Morgan fingerprint density at radius 1 is 1.27 bits per heavy atom. The van der Waals surface area contributed by atoms with E-state index in [0.717, 1.165) is 19.6 Å². The topological polar surface area (TPSA) is 29.3 Å². The van der Waals surface area contributed by atoms with Crippen molar-refractivity contribution in [2.75, 3.05) is 26.3 Å². The smallest absolute Gasteiger partial charge is 0.0906 e. The van der Waals surface area contributed by atoms with E-state index in [0.29, 0.717) is 6.42 Å². The van der Waals surface area contributed by atoms with E-state index >= 15 is 0 Å². The van der Waals surface area contributed by atoms with Crippen molar-refractivity contribution < 1.29 is 4.39 Å². The van der Waals surface area contributed by atoms with Gasteiger partial charge < -0.3 is 5.73 Å². The number of hydrogen-bond acceptors (Lipinski definition) is 2. The average molecular weight is 216 g/mol. The predicted molar refractivity (Wildman–Crippen MR) is 62.7 cm³/mol. The van der Waals surface area contributed by atoms with E-state index in [9.17, 15) is 4.39 Å². The average Bonchev–Trinajstić information content (AvgIpc) is 2.31. The van der Waals surface area contributed by atoms with Crippen molar-refractivity contribution in [2.45, 2.75) is 51.0 Å². The molecule has 0 saturated heterocycles. The van der Waals surface area contributed by atoms with Gasteiger partial charge in [0, 0.05) is 18.6 Å². The number of alkyl halides is 1. The lowest BCUT2D eigenvalue weighted by atomic mass is 9.80. The maximum Gasteiger partial charge on any atom is 0.0906 e. The molecule has 0 aliphatic heterocycles. The van der Waals surface area contributed by atoms with Gasteiger partial charge in [0.1, 0.15) is 0 Å². The highest BCUT2D eigenvalue weighted by Crippen LogP contribution is 2.32. The first-order valence-electron chi connectivity index (χ1n) is 6.30. The van der Waals surface area contributed by atoms with E-state index in [1.54, 1.807) is 0 Å². The molecule has 0 unspecified atom stereocenters. The molecule has 0 heterocycles. The molecule has 0 bridgehead atoms. The molecule has 0 amide bonds. The van der Waals surface area contributed by atoms with Crippen LogP contribution in [0.1, 0.15) is 45.4 Å². The summed E-state index contributed by atoms with van der Waals surface area (Å²) in [5.41, 5.74) is 6.13. The van der Waals surface area contributed by atoms with Crippen LogP contribution in [0.2, 0.25) is 0 Å². The fraction of sp³-hybridized carbons (Fsp3) is 1.00. The minimum Gasteiger partial charge on any atom is -0.329 e. The third-order valence-corrected chi connectivity index (χ3v) is 3.78. The van der Waals surface area contributed by atoms with E-state index < -0.39 is 0 Å². The van der Waals surface area contributed by atoms with Crippen LogP contribution in [-0.2, 0) is 0 Å². The first kappa shape index (κ1) is 12.9. The van der Waals surface area contributed by atoms with Gasteiger partial charge in [-0.05, 0) is 25.8 Å². The minimum absolute atomic E-state index is 0.183. The molecule has 1 fully saturated rings. The van der Waals surface area contributed by atoms with Gasteiger partial charge in [-0.15, -0.1) is 0 Å². The summed E-state index contributed by atoms with van der Waals surface area (Å²) in [7, 11) is 0. The van der Waals surface area contributed by atoms with Crippen molar-refractivity contribution in [3.05, 3.63) is 0 Å². The first-order valence-corrected chi connectivity index (χ1v) is 6.30. The van der Waals surface area contributed by atoms with Crippen molar-refractivity contribution in [1.82, 2.24) is 4.90 Å². The Morgan fingerprint density at radius 2 is 1.93 bits per heavy atom. The molecule has 90 valence electrons. The molecule has 1 rings (SSSR count). The Labute approximate surface area is 93.0 Å². The lowest BCUT2D eigenvalue weighted by molar-refractivity contribution is 0.0591. The second-order valence-corrected chi connectivity index (χ2v) is 4.61. The first-order chi connectivity index (χ1) is 7.29. The molecular formula is C12H25FN2. The molecule has 0 aromatic heterocycles. The van der Waals surface area contributed by atoms with Gasteiger partial charge in [-0.3, -0.25) is 9.29 Å². The Balaban J connectivity index is 2.58. The van der Waals surface area contributed by atoms with E-state index in [4.69, 9.17) is 5.73 Å². The highest BCUT2D eigenvalue weighted by molar-refractivity contribution is 4.93. The lowest BCUT2D eigenvalue weighted by Gasteiger charge is -2.45. The minimum atomic E-state index is -0.211. The van der Waals surface area contributed by atoms with Crippen LogP contribution in [0.15, 0.2) is 0 Å². The largest absolute Gasteiger partial charge is 0.329 e. The summed E-state index contributed by atoms with van der Waals surface area (Å²) in [6.07, 6.45) is 6.94. The number of hydrogen-bond donors (Lipinski definition) is 1. The zero-order chi connectivity index (χ0) is 11.1. The normalized spacial score (nSPS) is 20.8. The van der Waals surface area contributed by atoms with Gasteiger partial charge in [0.05, 0.1) is 6.67 Å². The van der Waals surface area contributed by atoms with Crippen LogP contribution in [-0.4, -0.2) is 36.7 Å². The molecule has 15 heavy (non-hydrogen) atoms. The van der Waals surface area contributed by atoms with Gasteiger partial charge in [0.15, 0.2) is 0 Å². The number of nitrogens with two attached hydrogens (primary N) is 1. The third kappa shape index (κ3) is 3.15. The van der Waals surface area contributed by atoms with E-state index in [-0.39, 0.29) is 12.2 Å². The quantitative estimate of drug-likeness (QED) is 0.738. The molecule has 0 spiro atoms. The predicted octanol–water partition coefficient (Wildman–Crippen LogP) is 2.33. The molecule has 2 N–H and O–H groups in total. The second kappa shape index (κ2) is 6.44. The maximum absolute atomic E-state index is 12.2. The number of likely N-dealkylation sites (N-methyl/N-ethyl adjacent to an activating group) is 1. The highest BCUT2D eigenvalue weighted by atomic mass is 19.1. The van der Waals surface area contributed by atoms with Gasteiger partial charge in [0.2, 0.25) is 0 Å². The zero-order valence-corrected chi connectivity index (χ0v) is 9.97. The van der Waals surface area contributed by atoms with Crippen molar-refractivity contribution >= 4 is 0 Å². The molecule has 0 radical (unpaired) electrons. The summed E-state index contributed by atoms with van der Waals surface area (Å²) in [6, 6.07) is 0. The molecule has 0 aromatic rings. The van der Waals surface area contributed by atoms with Crippen LogP contribution in [0, 0.1) is 0 Å². The van der Waals surface area contributed by atoms with Crippen LogP contribution in [0.25, 0.3) is 0 Å². The SMILES string of the molecule is CCN(CCCF)C1(CN)CCCCC1. The molecule has 2 nitrogen and oxygen atoms in total. The molecular weight excluding hydrogens is 191 g/mol. The molecule has 3 heteroatoms. The van der Waals surface area contributed by atoms with Gasteiger partial charge in [-0.1, -0.05) is 26.2 Å². The van der Waals surface area contributed by atoms with Crippen LogP contribution in [0.5, 0.6) is 0 Å². The summed E-state index contributed by atoms with van der Waals surface area (Å²) in [6.45, 7) is 4.54. The lowest BCUT2D eigenvalue weighted by Crippen LogP contribution is -2.55. The standard InChI is InChI=1S/C12H25FN2/c1-2-15(10-6-9-13)12(11-14)7-4-3-5-8-12/h2-11,14H2,1H3. The fourth-order valence-electron chi connectivity index (χ4n) is 2.84. The van der Waals surface area contributed by atoms with E-state index in [1.807, 2.05) is 0 Å². The molecule has 1 saturated carbocycles. The van der Waals surface area contributed by atoms with Crippen molar-refractivity contribution in [1.29, 1.82) is 0 Å². The Hall–Kier alpha value is -0.150. The molecule has 1 aliphatic carbocycles. The van der Waals surface area contributed by atoms with Crippen molar-refractivity contribution in [3.8, 4) is 0 Å². The second-order valence-electron chi connectivity index (χ2n) is 4.61. The Morgan fingerprint density at radius 3 is 2.40 bits per heavy atom. The Bertz CT molecular complexity index is 167. The zero-order valence-electron chi connectivity index (χ0n) is 9.97. The highest BCUT2D eigenvalue weighted by Gasteiger charge is 2.35. The van der Waals surface area contributed by atoms with Crippen LogP contribution >= 0.6 is 0 Å². The summed E-state index contributed by atoms with van der Waals surface area (Å²) in [5.74, 6) is 0. The van der Waals surface area contributed by atoms with Crippen LogP contribution in [0.4, 0.5) is 4.39 Å². The van der Waals surface area contributed by atoms with Gasteiger partial charge in [-0.2, -0.15) is 0 Å². The molecule has 0 aromatic carbocycles. The maximum atomic E-state index is 12.2. The number of rotatable bonds is 6.